The SMILES string of the molecule is C/C=C(\Oc1cccc(F)c1C)C(=O)OC. The molecule has 1 aromatic rings. The standard InChI is InChI=1S/C12H13FO3/c1-4-10(12(14)15-3)16-11-7-5-6-9(13)8(11)2/h4-7H,1-3H3/b10-4-. The lowest BCUT2D eigenvalue weighted by Crippen LogP contribution is -2.11. The quantitative estimate of drug-likeness (QED) is 0.449. The van der Waals surface area contributed by atoms with Gasteiger partial charge in [-0.15, -0.1) is 0 Å². The lowest BCUT2D eigenvalue weighted by Gasteiger charge is -2.10. The second kappa shape index (κ2) is 5.30. The topological polar surface area (TPSA) is 35.5 Å². The number of hydrogen-bond acceptors (Lipinski definition) is 3. The number of esters is 1. The Balaban J connectivity index is 2.96. The fraction of sp³-hybridized carbons (Fsp3) is 0.250. The van der Waals surface area contributed by atoms with E-state index in [-0.39, 0.29) is 11.6 Å². The van der Waals surface area contributed by atoms with E-state index >= 15 is 0 Å². The molecule has 0 fully saturated rings. The number of carbonyl (C=O) groups is 1. The van der Waals surface area contributed by atoms with Crippen molar-refractivity contribution in [2.24, 2.45) is 0 Å². The van der Waals surface area contributed by atoms with Crippen LogP contribution < -0.4 is 4.74 Å². The van der Waals surface area contributed by atoms with E-state index in [1.807, 2.05) is 0 Å². The van der Waals surface area contributed by atoms with Gasteiger partial charge in [0.2, 0.25) is 5.76 Å². The average molecular weight is 224 g/mol. The fourth-order valence-electron chi connectivity index (χ4n) is 1.14. The maximum atomic E-state index is 13.2. The van der Waals surface area contributed by atoms with Gasteiger partial charge in [-0.25, -0.2) is 9.18 Å². The normalized spacial score (nSPS) is 11.1. The molecule has 0 aliphatic rings. The van der Waals surface area contributed by atoms with Crippen LogP contribution in [0.1, 0.15) is 12.5 Å². The maximum absolute atomic E-state index is 13.2. The van der Waals surface area contributed by atoms with Crippen LogP contribution in [0.3, 0.4) is 0 Å². The van der Waals surface area contributed by atoms with Gasteiger partial charge in [-0.1, -0.05) is 6.07 Å². The molecule has 0 aliphatic carbocycles. The highest BCUT2D eigenvalue weighted by atomic mass is 19.1. The molecule has 0 N–H and O–H groups in total. The molecule has 4 heteroatoms. The summed E-state index contributed by atoms with van der Waals surface area (Å²) in [6.45, 7) is 3.22. The number of carbonyl (C=O) groups excluding carboxylic acids is 1. The maximum Gasteiger partial charge on any atom is 0.373 e. The Labute approximate surface area is 93.5 Å². The van der Waals surface area contributed by atoms with Crippen molar-refractivity contribution in [3.05, 3.63) is 41.4 Å². The fourth-order valence-corrected chi connectivity index (χ4v) is 1.14. The van der Waals surface area contributed by atoms with Crippen LogP contribution in [0.4, 0.5) is 4.39 Å². The van der Waals surface area contributed by atoms with Crippen molar-refractivity contribution < 1.29 is 18.7 Å². The number of halogens is 1. The van der Waals surface area contributed by atoms with Crippen LogP contribution in [0, 0.1) is 12.7 Å². The molecule has 86 valence electrons. The molecule has 1 aromatic carbocycles. The summed E-state index contributed by atoms with van der Waals surface area (Å²) in [5.74, 6) is -0.626. The van der Waals surface area contributed by atoms with Crippen molar-refractivity contribution >= 4 is 5.97 Å². The molecule has 1 rings (SSSR count). The van der Waals surface area contributed by atoms with E-state index in [4.69, 9.17) is 4.74 Å². The molecule has 0 radical (unpaired) electrons. The van der Waals surface area contributed by atoms with E-state index in [2.05, 4.69) is 4.74 Å². The van der Waals surface area contributed by atoms with Crippen LogP contribution in [0.15, 0.2) is 30.0 Å². The van der Waals surface area contributed by atoms with Crippen molar-refractivity contribution in [3.8, 4) is 5.75 Å². The van der Waals surface area contributed by atoms with Crippen molar-refractivity contribution in [1.29, 1.82) is 0 Å². The highest BCUT2D eigenvalue weighted by Crippen LogP contribution is 2.22. The summed E-state index contributed by atoms with van der Waals surface area (Å²) in [5, 5.41) is 0. The lowest BCUT2D eigenvalue weighted by atomic mass is 10.2. The summed E-state index contributed by atoms with van der Waals surface area (Å²) in [7, 11) is 1.26. The molecule has 0 aromatic heterocycles. The van der Waals surface area contributed by atoms with Gasteiger partial charge < -0.3 is 9.47 Å². The van der Waals surface area contributed by atoms with Crippen LogP contribution in [0.5, 0.6) is 5.75 Å². The molecule has 0 amide bonds. The van der Waals surface area contributed by atoms with Gasteiger partial charge in [0.15, 0.2) is 0 Å². The summed E-state index contributed by atoms with van der Waals surface area (Å²) in [4.78, 5) is 11.2. The largest absolute Gasteiger partial charge is 0.463 e. The number of rotatable bonds is 3. The van der Waals surface area contributed by atoms with Gasteiger partial charge in [0.25, 0.3) is 0 Å². The summed E-state index contributed by atoms with van der Waals surface area (Å²) < 4.78 is 23.0. The van der Waals surface area contributed by atoms with E-state index in [9.17, 15) is 9.18 Å². The van der Waals surface area contributed by atoms with Gasteiger partial charge in [0.05, 0.1) is 7.11 Å². The summed E-state index contributed by atoms with van der Waals surface area (Å²) in [6, 6.07) is 4.43. The van der Waals surface area contributed by atoms with Gasteiger partial charge in [0.1, 0.15) is 11.6 Å². The van der Waals surface area contributed by atoms with Gasteiger partial charge in [-0.05, 0) is 32.1 Å². The molecule has 0 unspecified atom stereocenters. The Morgan fingerprint density at radius 3 is 2.69 bits per heavy atom. The van der Waals surface area contributed by atoms with E-state index < -0.39 is 5.97 Å². The Morgan fingerprint density at radius 1 is 1.44 bits per heavy atom. The molecule has 0 heterocycles. The Hall–Kier alpha value is -1.84. The van der Waals surface area contributed by atoms with Crippen LogP contribution >= 0.6 is 0 Å². The zero-order chi connectivity index (χ0) is 12.1. The van der Waals surface area contributed by atoms with E-state index in [0.29, 0.717) is 11.3 Å². The summed E-state index contributed by atoms with van der Waals surface area (Å²) in [5.41, 5.74) is 0.353. The van der Waals surface area contributed by atoms with Gasteiger partial charge in [0, 0.05) is 5.56 Å². The van der Waals surface area contributed by atoms with Crippen LogP contribution in [0.25, 0.3) is 0 Å². The molecule has 16 heavy (non-hydrogen) atoms. The molecule has 0 saturated carbocycles. The number of ether oxygens (including phenoxy) is 2. The molecule has 0 atom stereocenters. The smallest absolute Gasteiger partial charge is 0.373 e. The van der Waals surface area contributed by atoms with E-state index in [1.165, 1.54) is 25.3 Å². The molecule has 0 aliphatic heterocycles. The van der Waals surface area contributed by atoms with Gasteiger partial charge >= 0.3 is 5.97 Å². The Morgan fingerprint density at radius 2 is 2.12 bits per heavy atom. The van der Waals surface area contributed by atoms with Crippen LogP contribution in [0.2, 0.25) is 0 Å². The second-order valence-electron chi connectivity index (χ2n) is 3.11. The molecular weight excluding hydrogens is 211 g/mol. The van der Waals surface area contributed by atoms with Crippen LogP contribution in [-0.2, 0) is 9.53 Å². The minimum atomic E-state index is -0.592. The number of methoxy groups -OCH3 is 1. The second-order valence-corrected chi connectivity index (χ2v) is 3.11. The number of benzene rings is 1. The number of allylic oxidation sites excluding steroid dienone is 1. The van der Waals surface area contributed by atoms with Crippen molar-refractivity contribution in [3.63, 3.8) is 0 Å². The van der Waals surface area contributed by atoms with Crippen molar-refractivity contribution in [1.82, 2.24) is 0 Å². The minimum absolute atomic E-state index is 0.0381. The summed E-state index contributed by atoms with van der Waals surface area (Å²) in [6.07, 6.45) is 1.47. The van der Waals surface area contributed by atoms with Crippen LogP contribution in [-0.4, -0.2) is 13.1 Å². The lowest BCUT2D eigenvalue weighted by molar-refractivity contribution is -0.138. The monoisotopic (exact) mass is 224 g/mol. The highest BCUT2D eigenvalue weighted by Gasteiger charge is 2.13. The van der Waals surface area contributed by atoms with E-state index in [1.54, 1.807) is 19.9 Å². The van der Waals surface area contributed by atoms with Gasteiger partial charge in [-0.3, -0.25) is 0 Å². The molecule has 0 spiro atoms. The molecule has 0 bridgehead atoms. The first-order valence-corrected chi connectivity index (χ1v) is 4.77. The van der Waals surface area contributed by atoms with E-state index in [0.717, 1.165) is 0 Å². The molecule has 3 nitrogen and oxygen atoms in total. The predicted octanol–water partition coefficient (Wildman–Crippen LogP) is 2.59. The molecular formula is C12H13FO3. The first kappa shape index (κ1) is 12.2. The zero-order valence-electron chi connectivity index (χ0n) is 9.41. The third kappa shape index (κ3) is 2.59. The first-order valence-electron chi connectivity index (χ1n) is 4.77. The third-order valence-corrected chi connectivity index (χ3v) is 2.09. The zero-order valence-corrected chi connectivity index (χ0v) is 9.41. The predicted molar refractivity (Wildman–Crippen MR) is 57.5 cm³/mol. The van der Waals surface area contributed by atoms with Crippen molar-refractivity contribution in [2.75, 3.05) is 7.11 Å². The highest BCUT2D eigenvalue weighted by molar-refractivity contribution is 5.86. The van der Waals surface area contributed by atoms with Gasteiger partial charge in [-0.2, -0.15) is 0 Å². The number of hydrogen-bond donors (Lipinski definition) is 0. The third-order valence-electron chi connectivity index (χ3n) is 2.09. The summed E-state index contributed by atoms with van der Waals surface area (Å²) >= 11 is 0. The minimum Gasteiger partial charge on any atom is -0.463 e. The Kier molecular flexibility index (Phi) is 4.05. The first-order chi connectivity index (χ1) is 7.60. The van der Waals surface area contributed by atoms with Crippen molar-refractivity contribution in [2.45, 2.75) is 13.8 Å². The molecule has 0 saturated heterocycles. The Bertz CT molecular complexity index is 424. The average Bonchev–Trinajstić information content (AvgIpc) is 2.30.